The molecule has 94 valence electrons. The zero-order chi connectivity index (χ0) is 12.1. The zero-order valence-electron chi connectivity index (χ0n) is 10.4. The molecule has 0 aromatic heterocycles. The molecule has 1 N–H and O–H groups in total. The van der Waals surface area contributed by atoms with E-state index < -0.39 is 0 Å². The quantitative estimate of drug-likeness (QED) is 0.861. The predicted molar refractivity (Wildman–Crippen MR) is 65.3 cm³/mol. The maximum atomic E-state index is 5.73. The average Bonchev–Trinajstić information content (AvgIpc) is 2.40. The van der Waals surface area contributed by atoms with Crippen LogP contribution in [0.1, 0.15) is 17.2 Å². The number of hydrogen-bond acceptors (Lipinski definition) is 4. The van der Waals surface area contributed by atoms with Crippen LogP contribution in [-0.4, -0.2) is 33.9 Å². The summed E-state index contributed by atoms with van der Waals surface area (Å²) in [4.78, 5) is 0. The first-order valence-electron chi connectivity index (χ1n) is 5.83. The molecule has 0 saturated carbocycles. The van der Waals surface area contributed by atoms with Crippen LogP contribution < -0.4 is 10.1 Å². The van der Waals surface area contributed by atoms with E-state index in [9.17, 15) is 0 Å². The second-order valence-electron chi connectivity index (χ2n) is 4.07. The number of nitrogens with one attached hydrogen (secondary N) is 1. The van der Waals surface area contributed by atoms with Crippen molar-refractivity contribution in [1.29, 1.82) is 0 Å². The minimum absolute atomic E-state index is 0.130. The minimum atomic E-state index is 0.130. The van der Waals surface area contributed by atoms with Crippen molar-refractivity contribution in [3.8, 4) is 5.75 Å². The highest BCUT2D eigenvalue weighted by atomic mass is 16.5. The van der Waals surface area contributed by atoms with Crippen molar-refractivity contribution in [3.63, 3.8) is 0 Å². The lowest BCUT2D eigenvalue weighted by Gasteiger charge is -2.24. The second kappa shape index (κ2) is 6.00. The highest BCUT2D eigenvalue weighted by Crippen LogP contribution is 2.26. The van der Waals surface area contributed by atoms with Gasteiger partial charge in [-0.05, 0) is 17.7 Å². The Labute approximate surface area is 102 Å². The summed E-state index contributed by atoms with van der Waals surface area (Å²) in [7, 11) is 3.36. The van der Waals surface area contributed by atoms with Gasteiger partial charge in [-0.15, -0.1) is 0 Å². The number of benzene rings is 1. The van der Waals surface area contributed by atoms with Crippen molar-refractivity contribution >= 4 is 0 Å². The Morgan fingerprint density at radius 1 is 1.41 bits per heavy atom. The lowest BCUT2D eigenvalue weighted by Crippen LogP contribution is -2.33. The molecule has 1 aliphatic heterocycles. The lowest BCUT2D eigenvalue weighted by molar-refractivity contribution is 0.0275. The van der Waals surface area contributed by atoms with Gasteiger partial charge in [0.2, 0.25) is 0 Å². The van der Waals surface area contributed by atoms with Crippen molar-refractivity contribution in [3.05, 3.63) is 29.3 Å². The molecule has 17 heavy (non-hydrogen) atoms. The summed E-state index contributed by atoms with van der Waals surface area (Å²) in [6.07, 6.45) is 0.130. The van der Waals surface area contributed by atoms with Gasteiger partial charge in [0.1, 0.15) is 5.75 Å². The van der Waals surface area contributed by atoms with Gasteiger partial charge in [-0.3, -0.25) is 0 Å². The molecular weight excluding hydrogens is 218 g/mol. The van der Waals surface area contributed by atoms with Crippen LogP contribution in [0.15, 0.2) is 18.2 Å². The van der Waals surface area contributed by atoms with E-state index in [0.717, 1.165) is 31.0 Å². The van der Waals surface area contributed by atoms with E-state index in [1.165, 1.54) is 5.56 Å². The fraction of sp³-hybridized carbons (Fsp3) is 0.538. The third-order valence-corrected chi connectivity index (χ3v) is 2.90. The maximum Gasteiger partial charge on any atom is 0.124 e. The topological polar surface area (TPSA) is 39.7 Å². The van der Waals surface area contributed by atoms with Crippen molar-refractivity contribution < 1.29 is 14.2 Å². The van der Waals surface area contributed by atoms with Gasteiger partial charge in [-0.25, -0.2) is 0 Å². The third-order valence-electron chi connectivity index (χ3n) is 2.90. The molecule has 4 heteroatoms. The molecule has 4 nitrogen and oxygen atoms in total. The first-order chi connectivity index (χ1) is 8.35. The monoisotopic (exact) mass is 237 g/mol. The van der Waals surface area contributed by atoms with Crippen molar-refractivity contribution in [2.24, 2.45) is 0 Å². The number of hydrogen-bond donors (Lipinski definition) is 1. The Bertz CT molecular complexity index is 362. The standard InChI is InChI=1S/C13H19NO3/c1-15-9-11-7-10(3-4-12(11)16-2)13-8-14-5-6-17-13/h3-4,7,13-14H,5-6,8-9H2,1-2H3. The molecule has 1 aromatic rings. The molecule has 1 fully saturated rings. The summed E-state index contributed by atoms with van der Waals surface area (Å²) in [5.41, 5.74) is 2.23. The molecule has 1 atom stereocenters. The van der Waals surface area contributed by atoms with Gasteiger partial charge in [0.25, 0.3) is 0 Å². The summed E-state index contributed by atoms with van der Waals surface area (Å²) >= 11 is 0. The molecule has 1 unspecified atom stereocenters. The van der Waals surface area contributed by atoms with Gasteiger partial charge in [0.05, 0.1) is 26.4 Å². The van der Waals surface area contributed by atoms with Crippen molar-refractivity contribution in [2.45, 2.75) is 12.7 Å². The smallest absolute Gasteiger partial charge is 0.124 e. The number of ether oxygens (including phenoxy) is 3. The van der Waals surface area contributed by atoms with Crippen LogP contribution in [0, 0.1) is 0 Å². The van der Waals surface area contributed by atoms with Crippen LogP contribution in [-0.2, 0) is 16.1 Å². The highest BCUT2D eigenvalue weighted by Gasteiger charge is 2.17. The summed E-state index contributed by atoms with van der Waals surface area (Å²) in [5.74, 6) is 0.861. The maximum absolute atomic E-state index is 5.73. The van der Waals surface area contributed by atoms with Gasteiger partial charge in [0, 0.05) is 25.8 Å². The Balaban J connectivity index is 2.19. The first-order valence-corrected chi connectivity index (χ1v) is 5.83. The van der Waals surface area contributed by atoms with E-state index in [2.05, 4.69) is 17.4 Å². The fourth-order valence-electron chi connectivity index (χ4n) is 2.05. The Kier molecular flexibility index (Phi) is 4.36. The summed E-state index contributed by atoms with van der Waals surface area (Å²) in [6.45, 7) is 3.10. The summed E-state index contributed by atoms with van der Waals surface area (Å²) in [5, 5.41) is 3.33. The SMILES string of the molecule is COCc1cc(C2CNCCO2)ccc1OC. The van der Waals surface area contributed by atoms with Crippen molar-refractivity contribution in [2.75, 3.05) is 33.9 Å². The average molecular weight is 237 g/mol. The zero-order valence-corrected chi connectivity index (χ0v) is 10.4. The predicted octanol–water partition coefficient (Wildman–Crippen LogP) is 1.50. The Morgan fingerprint density at radius 3 is 2.94 bits per heavy atom. The molecule has 0 bridgehead atoms. The first kappa shape index (κ1) is 12.4. The van der Waals surface area contributed by atoms with Crippen LogP contribution in [0.4, 0.5) is 0 Å². The Hall–Kier alpha value is -1.10. The second-order valence-corrected chi connectivity index (χ2v) is 4.07. The lowest BCUT2D eigenvalue weighted by atomic mass is 10.0. The molecule has 0 amide bonds. The van der Waals surface area contributed by atoms with Gasteiger partial charge in [0.15, 0.2) is 0 Å². The molecule has 2 rings (SSSR count). The van der Waals surface area contributed by atoms with E-state index in [4.69, 9.17) is 14.2 Å². The highest BCUT2D eigenvalue weighted by molar-refractivity contribution is 5.38. The van der Waals surface area contributed by atoms with E-state index in [1.54, 1.807) is 14.2 Å². The van der Waals surface area contributed by atoms with Gasteiger partial charge >= 0.3 is 0 Å². The van der Waals surface area contributed by atoms with Crippen LogP contribution in [0.25, 0.3) is 0 Å². The van der Waals surface area contributed by atoms with Crippen molar-refractivity contribution in [1.82, 2.24) is 5.32 Å². The van der Waals surface area contributed by atoms with Crippen LogP contribution in [0.5, 0.6) is 5.75 Å². The normalized spacial score (nSPS) is 20.2. The summed E-state index contributed by atoms with van der Waals surface area (Å²) in [6, 6.07) is 6.12. The molecule has 1 saturated heterocycles. The van der Waals surface area contributed by atoms with Crippen LogP contribution in [0.2, 0.25) is 0 Å². The molecule has 1 aliphatic rings. The number of methoxy groups -OCH3 is 2. The molecule has 1 aromatic carbocycles. The molecule has 1 heterocycles. The van der Waals surface area contributed by atoms with Crippen LogP contribution >= 0.6 is 0 Å². The fourth-order valence-corrected chi connectivity index (χ4v) is 2.05. The molecule has 0 spiro atoms. The van der Waals surface area contributed by atoms with Gasteiger partial charge in [-0.1, -0.05) is 6.07 Å². The van der Waals surface area contributed by atoms with E-state index in [-0.39, 0.29) is 6.10 Å². The summed E-state index contributed by atoms with van der Waals surface area (Å²) < 4.78 is 16.2. The van der Waals surface area contributed by atoms with E-state index in [0.29, 0.717) is 6.61 Å². The third kappa shape index (κ3) is 2.97. The van der Waals surface area contributed by atoms with E-state index >= 15 is 0 Å². The molecular formula is C13H19NO3. The molecule has 0 radical (unpaired) electrons. The number of rotatable bonds is 4. The van der Waals surface area contributed by atoms with Crippen LogP contribution in [0.3, 0.4) is 0 Å². The number of morpholine rings is 1. The largest absolute Gasteiger partial charge is 0.496 e. The van der Waals surface area contributed by atoms with Gasteiger partial charge < -0.3 is 19.5 Å². The Morgan fingerprint density at radius 2 is 2.29 bits per heavy atom. The minimum Gasteiger partial charge on any atom is -0.496 e. The van der Waals surface area contributed by atoms with Gasteiger partial charge in [-0.2, -0.15) is 0 Å². The molecule has 0 aliphatic carbocycles. The van der Waals surface area contributed by atoms with E-state index in [1.807, 2.05) is 6.07 Å².